The van der Waals surface area contributed by atoms with Gasteiger partial charge in [0, 0.05) is 36.6 Å². The summed E-state index contributed by atoms with van der Waals surface area (Å²) in [6, 6.07) is 10.2. The third-order valence-electron chi connectivity index (χ3n) is 5.47. The Morgan fingerprint density at radius 2 is 2.12 bits per heavy atom. The van der Waals surface area contributed by atoms with Crippen molar-refractivity contribution in [2.24, 2.45) is 5.92 Å². The van der Waals surface area contributed by atoms with Gasteiger partial charge in [0.2, 0.25) is 0 Å². The highest BCUT2D eigenvalue weighted by Crippen LogP contribution is 2.40. The molecule has 2 N–H and O–H groups in total. The molecule has 2 heterocycles. The van der Waals surface area contributed by atoms with Crippen molar-refractivity contribution >= 4 is 22.2 Å². The van der Waals surface area contributed by atoms with Crippen LogP contribution in [0.4, 0.5) is 10.8 Å². The number of rotatable bonds is 4. The number of hydrogen-bond donors (Lipinski definition) is 2. The highest BCUT2D eigenvalue weighted by Gasteiger charge is 2.42. The quantitative estimate of drug-likeness (QED) is 0.880. The summed E-state index contributed by atoms with van der Waals surface area (Å²) < 4.78 is 0. The Kier molecular flexibility index (Phi) is 4.57. The van der Waals surface area contributed by atoms with E-state index in [0.717, 1.165) is 49.0 Å². The summed E-state index contributed by atoms with van der Waals surface area (Å²) in [4.78, 5) is 7.19. The highest BCUT2D eigenvalue weighted by atomic mass is 32.1. The number of nitrogens with one attached hydrogen (secondary N) is 1. The number of thiazole rings is 1. The average molecular weight is 343 g/mol. The number of fused-ring (bicyclic) bond motifs is 1. The normalized spacial score (nSPS) is 27.6. The number of nitrogens with zero attached hydrogens (tertiary/aromatic N) is 2. The van der Waals surface area contributed by atoms with Gasteiger partial charge in [0.1, 0.15) is 0 Å². The van der Waals surface area contributed by atoms with E-state index >= 15 is 0 Å². The Labute approximate surface area is 147 Å². The number of aliphatic hydroxyl groups is 1. The van der Waals surface area contributed by atoms with Gasteiger partial charge in [-0.05, 0) is 31.4 Å². The maximum atomic E-state index is 10.8. The zero-order valence-electron chi connectivity index (χ0n) is 13.9. The first-order valence-electron chi connectivity index (χ1n) is 8.92. The minimum Gasteiger partial charge on any atom is -0.390 e. The van der Waals surface area contributed by atoms with Crippen LogP contribution in [0, 0.1) is 5.92 Å². The lowest BCUT2D eigenvalue weighted by atomic mass is 9.71. The minimum absolute atomic E-state index is 0.392. The van der Waals surface area contributed by atoms with Crippen LogP contribution in [0.15, 0.2) is 35.7 Å². The molecule has 1 aliphatic heterocycles. The molecule has 2 aliphatic rings. The Bertz CT molecular complexity index is 674. The van der Waals surface area contributed by atoms with E-state index in [1.165, 1.54) is 19.3 Å². The molecule has 0 spiro atoms. The van der Waals surface area contributed by atoms with E-state index in [4.69, 9.17) is 4.98 Å². The van der Waals surface area contributed by atoms with Crippen LogP contribution < -0.4 is 5.32 Å². The van der Waals surface area contributed by atoms with Crippen molar-refractivity contribution in [2.45, 2.75) is 44.2 Å². The van der Waals surface area contributed by atoms with Gasteiger partial charge in [0.25, 0.3) is 0 Å². The second kappa shape index (κ2) is 6.82. The molecule has 4 rings (SSSR count). The lowest BCUT2D eigenvalue weighted by Crippen LogP contribution is -2.52. The van der Waals surface area contributed by atoms with Crippen LogP contribution in [0.1, 0.15) is 37.8 Å². The van der Waals surface area contributed by atoms with Crippen molar-refractivity contribution in [3.63, 3.8) is 0 Å². The largest absolute Gasteiger partial charge is 0.390 e. The van der Waals surface area contributed by atoms with E-state index in [0.29, 0.717) is 5.92 Å². The molecule has 1 aromatic carbocycles. The van der Waals surface area contributed by atoms with Crippen molar-refractivity contribution in [1.29, 1.82) is 0 Å². The van der Waals surface area contributed by atoms with Crippen LogP contribution in [0.3, 0.4) is 0 Å². The van der Waals surface area contributed by atoms with Crippen LogP contribution in [-0.4, -0.2) is 33.7 Å². The Morgan fingerprint density at radius 1 is 1.25 bits per heavy atom. The van der Waals surface area contributed by atoms with Crippen molar-refractivity contribution in [3.05, 3.63) is 41.4 Å². The maximum Gasteiger partial charge on any atom is 0.187 e. The Morgan fingerprint density at radius 3 is 3.00 bits per heavy atom. The molecule has 0 bridgehead atoms. The summed E-state index contributed by atoms with van der Waals surface area (Å²) in [5.74, 6) is 0.445. The van der Waals surface area contributed by atoms with Gasteiger partial charge in [-0.15, -0.1) is 11.3 Å². The molecule has 1 saturated heterocycles. The molecule has 2 atom stereocenters. The van der Waals surface area contributed by atoms with E-state index in [-0.39, 0.29) is 0 Å². The van der Waals surface area contributed by atoms with Crippen molar-refractivity contribution in [2.75, 3.05) is 18.4 Å². The van der Waals surface area contributed by atoms with Crippen LogP contribution in [0.2, 0.25) is 0 Å². The van der Waals surface area contributed by atoms with E-state index in [1.807, 2.05) is 18.2 Å². The summed E-state index contributed by atoms with van der Waals surface area (Å²) in [5.41, 5.74) is 1.81. The van der Waals surface area contributed by atoms with E-state index < -0.39 is 5.60 Å². The van der Waals surface area contributed by atoms with Gasteiger partial charge in [0.15, 0.2) is 5.13 Å². The number of likely N-dealkylation sites (tertiary alicyclic amines) is 1. The number of hydrogen-bond acceptors (Lipinski definition) is 5. The van der Waals surface area contributed by atoms with E-state index in [2.05, 4.69) is 27.7 Å². The Hall–Kier alpha value is -1.43. The molecule has 1 aliphatic carbocycles. The number of anilines is 2. The molecule has 2 fully saturated rings. The number of benzene rings is 1. The predicted molar refractivity (Wildman–Crippen MR) is 98.6 cm³/mol. The van der Waals surface area contributed by atoms with E-state index in [9.17, 15) is 5.11 Å². The molecule has 0 radical (unpaired) electrons. The first-order valence-corrected chi connectivity index (χ1v) is 9.80. The smallest absolute Gasteiger partial charge is 0.187 e. The molecule has 128 valence electrons. The lowest BCUT2D eigenvalue weighted by molar-refractivity contribution is -0.0969. The van der Waals surface area contributed by atoms with Crippen LogP contribution in [0.5, 0.6) is 0 Å². The van der Waals surface area contributed by atoms with Crippen molar-refractivity contribution in [1.82, 2.24) is 9.88 Å². The average Bonchev–Trinajstić information content (AvgIpc) is 3.03. The molecular weight excluding hydrogens is 318 g/mol. The topological polar surface area (TPSA) is 48.4 Å². The fourth-order valence-electron chi connectivity index (χ4n) is 4.09. The van der Waals surface area contributed by atoms with Gasteiger partial charge in [-0.1, -0.05) is 31.0 Å². The first kappa shape index (κ1) is 16.1. The van der Waals surface area contributed by atoms with Gasteiger partial charge in [-0.25, -0.2) is 4.98 Å². The summed E-state index contributed by atoms with van der Waals surface area (Å²) >= 11 is 1.66. The summed E-state index contributed by atoms with van der Waals surface area (Å²) in [7, 11) is 0. The number of aromatic nitrogens is 1. The molecule has 4 nitrogen and oxygen atoms in total. The summed E-state index contributed by atoms with van der Waals surface area (Å²) in [5, 5.41) is 17.2. The summed E-state index contributed by atoms with van der Waals surface area (Å²) in [6.45, 7) is 2.88. The monoisotopic (exact) mass is 343 g/mol. The van der Waals surface area contributed by atoms with Crippen LogP contribution in [-0.2, 0) is 6.54 Å². The predicted octanol–water partition coefficient (Wildman–Crippen LogP) is 4.01. The zero-order chi connectivity index (χ0) is 16.4. The summed E-state index contributed by atoms with van der Waals surface area (Å²) in [6.07, 6.45) is 5.53. The maximum absolute atomic E-state index is 10.8. The van der Waals surface area contributed by atoms with Crippen LogP contribution >= 0.6 is 11.3 Å². The van der Waals surface area contributed by atoms with Crippen LogP contribution in [0.25, 0.3) is 0 Å². The number of para-hydroxylation sites is 1. The van der Waals surface area contributed by atoms with E-state index in [1.54, 1.807) is 11.3 Å². The third kappa shape index (κ3) is 3.48. The first-order chi connectivity index (χ1) is 11.7. The van der Waals surface area contributed by atoms with Gasteiger partial charge in [0.05, 0.1) is 11.3 Å². The molecule has 0 unspecified atom stereocenters. The van der Waals surface area contributed by atoms with Gasteiger partial charge >= 0.3 is 0 Å². The van der Waals surface area contributed by atoms with Crippen molar-refractivity contribution < 1.29 is 5.11 Å². The molecule has 2 aromatic rings. The van der Waals surface area contributed by atoms with Crippen molar-refractivity contribution in [3.8, 4) is 0 Å². The second-order valence-electron chi connectivity index (χ2n) is 7.17. The molecule has 24 heavy (non-hydrogen) atoms. The second-order valence-corrected chi connectivity index (χ2v) is 8.02. The SMILES string of the molecule is O[C@]12CCCC[C@@H]1CN(Cc1csc(Nc3ccccc3)n1)CC2. The zero-order valence-corrected chi connectivity index (χ0v) is 14.8. The molecular formula is C19H25N3OS. The van der Waals surface area contributed by atoms with Gasteiger partial charge < -0.3 is 10.4 Å². The molecule has 1 saturated carbocycles. The fourth-order valence-corrected chi connectivity index (χ4v) is 4.82. The lowest BCUT2D eigenvalue weighted by Gasteiger charge is -2.47. The number of piperidine rings is 1. The molecule has 5 heteroatoms. The molecule has 1 aromatic heterocycles. The van der Waals surface area contributed by atoms with Gasteiger partial charge in [-0.2, -0.15) is 0 Å². The fraction of sp³-hybridized carbons (Fsp3) is 0.526. The Balaban J connectivity index is 1.36. The third-order valence-corrected chi connectivity index (χ3v) is 6.28. The van der Waals surface area contributed by atoms with Gasteiger partial charge in [-0.3, -0.25) is 4.90 Å². The standard InChI is InChI=1S/C19H25N3OS/c23-19-9-5-4-6-15(19)12-22(11-10-19)13-17-14-24-18(21-17)20-16-7-2-1-3-8-16/h1-3,7-8,14-15,23H,4-6,9-13H2,(H,20,21)/t15-,19+/m1/s1. The highest BCUT2D eigenvalue weighted by molar-refractivity contribution is 7.13. The molecule has 0 amide bonds. The minimum atomic E-state index is -0.392.